The lowest BCUT2D eigenvalue weighted by Crippen LogP contribution is -2.44. The lowest BCUT2D eigenvalue weighted by atomic mass is 10.1. The first-order chi connectivity index (χ1) is 8.06. The summed E-state index contributed by atoms with van der Waals surface area (Å²) in [6, 6.07) is 0. The lowest BCUT2D eigenvalue weighted by Gasteiger charge is -2.27. The summed E-state index contributed by atoms with van der Waals surface area (Å²) < 4.78 is 0. The van der Waals surface area contributed by atoms with Gasteiger partial charge in [0.1, 0.15) is 5.78 Å². The van der Waals surface area contributed by atoms with Gasteiger partial charge in [-0.3, -0.25) is 14.5 Å². The molecule has 0 radical (unpaired) electrons. The van der Waals surface area contributed by atoms with E-state index in [9.17, 15) is 19.8 Å². The number of Topliss-reactive ketones (excluding diaryl/α,β-unsaturated/α-hetero) is 1. The number of aliphatic hydroxyl groups excluding tert-OH is 2. The number of aliphatic hydroxyl groups is 2. The summed E-state index contributed by atoms with van der Waals surface area (Å²) in [6.45, 7) is 1.87. The predicted octanol–water partition coefficient (Wildman–Crippen LogP) is -1.78. The monoisotopic (exact) mass is 242 g/mol. The Labute approximate surface area is 99.8 Å². The summed E-state index contributed by atoms with van der Waals surface area (Å²) in [5.74, 6) is 0.180. The molecule has 0 aromatic carbocycles. The molecule has 0 aromatic rings. The SMILES string of the molecule is O=C1CCN(C(=O)CN2CC(O)C(O)C2)CC1. The molecule has 2 saturated heterocycles. The number of ketones is 1. The van der Waals surface area contributed by atoms with Gasteiger partial charge in [-0.05, 0) is 0 Å². The van der Waals surface area contributed by atoms with E-state index in [2.05, 4.69) is 0 Å². The third-order valence-corrected chi connectivity index (χ3v) is 3.37. The maximum atomic E-state index is 11.9. The van der Waals surface area contributed by atoms with Crippen LogP contribution in [0.2, 0.25) is 0 Å². The van der Waals surface area contributed by atoms with Gasteiger partial charge < -0.3 is 15.1 Å². The number of hydrogen-bond acceptors (Lipinski definition) is 5. The van der Waals surface area contributed by atoms with Crippen LogP contribution in [-0.2, 0) is 9.59 Å². The van der Waals surface area contributed by atoms with E-state index in [4.69, 9.17) is 0 Å². The fourth-order valence-electron chi connectivity index (χ4n) is 2.27. The molecule has 2 fully saturated rings. The number of amides is 1. The van der Waals surface area contributed by atoms with Crippen LogP contribution in [0, 0.1) is 0 Å². The van der Waals surface area contributed by atoms with Crippen LogP contribution in [0.1, 0.15) is 12.8 Å². The minimum Gasteiger partial charge on any atom is -0.389 e. The molecule has 2 aliphatic rings. The zero-order valence-corrected chi connectivity index (χ0v) is 9.71. The van der Waals surface area contributed by atoms with Crippen molar-refractivity contribution in [3.8, 4) is 0 Å². The molecule has 0 aliphatic carbocycles. The number of carbonyl (C=O) groups is 2. The van der Waals surface area contributed by atoms with Crippen molar-refractivity contribution < 1.29 is 19.8 Å². The van der Waals surface area contributed by atoms with Crippen molar-refractivity contribution in [1.29, 1.82) is 0 Å². The highest BCUT2D eigenvalue weighted by Crippen LogP contribution is 2.11. The Bertz CT molecular complexity index is 301. The second kappa shape index (κ2) is 5.12. The summed E-state index contributed by atoms with van der Waals surface area (Å²) in [5, 5.41) is 18.7. The number of β-amino-alcohol motifs (C(OH)–C–C–N with tert-alkyl or cyclic N) is 2. The van der Waals surface area contributed by atoms with Crippen LogP contribution in [0.4, 0.5) is 0 Å². The minimum absolute atomic E-state index is 0.0289. The normalized spacial score (nSPS) is 30.9. The number of nitrogens with zero attached hydrogens (tertiary/aromatic N) is 2. The molecule has 2 rings (SSSR count). The Morgan fingerprint density at radius 1 is 1.18 bits per heavy atom. The molecule has 17 heavy (non-hydrogen) atoms. The van der Waals surface area contributed by atoms with E-state index in [0.717, 1.165) is 0 Å². The van der Waals surface area contributed by atoms with Gasteiger partial charge in [0.15, 0.2) is 0 Å². The fraction of sp³-hybridized carbons (Fsp3) is 0.818. The maximum absolute atomic E-state index is 11.9. The van der Waals surface area contributed by atoms with E-state index in [1.165, 1.54) is 0 Å². The standard InChI is InChI=1S/C11H18N2O4/c14-8-1-3-13(4-2-8)11(17)7-12-5-9(15)10(16)6-12/h9-10,15-16H,1-7H2. The van der Waals surface area contributed by atoms with Gasteiger partial charge in [-0.25, -0.2) is 0 Å². The largest absolute Gasteiger partial charge is 0.389 e. The molecule has 6 heteroatoms. The highest BCUT2D eigenvalue weighted by molar-refractivity contribution is 5.84. The van der Waals surface area contributed by atoms with Crippen LogP contribution in [0.3, 0.4) is 0 Å². The van der Waals surface area contributed by atoms with Gasteiger partial charge >= 0.3 is 0 Å². The Balaban J connectivity index is 1.79. The van der Waals surface area contributed by atoms with Gasteiger partial charge in [-0.2, -0.15) is 0 Å². The van der Waals surface area contributed by atoms with Gasteiger partial charge in [0.25, 0.3) is 0 Å². The van der Waals surface area contributed by atoms with E-state index in [1.807, 2.05) is 0 Å². The van der Waals surface area contributed by atoms with Gasteiger partial charge in [0, 0.05) is 39.0 Å². The topological polar surface area (TPSA) is 81.1 Å². The molecule has 2 unspecified atom stereocenters. The van der Waals surface area contributed by atoms with Crippen molar-refractivity contribution in [2.45, 2.75) is 25.0 Å². The molecule has 2 atom stereocenters. The smallest absolute Gasteiger partial charge is 0.236 e. The molecular weight excluding hydrogens is 224 g/mol. The Kier molecular flexibility index (Phi) is 3.76. The zero-order valence-electron chi connectivity index (χ0n) is 9.71. The molecule has 1 amide bonds. The minimum atomic E-state index is -0.759. The van der Waals surface area contributed by atoms with Crippen molar-refractivity contribution in [3.63, 3.8) is 0 Å². The number of carbonyl (C=O) groups excluding carboxylic acids is 2. The average molecular weight is 242 g/mol. The van der Waals surface area contributed by atoms with Crippen molar-refractivity contribution in [3.05, 3.63) is 0 Å². The quantitative estimate of drug-likeness (QED) is 0.598. The third kappa shape index (κ3) is 3.02. The number of rotatable bonds is 2. The first-order valence-corrected chi connectivity index (χ1v) is 5.94. The summed E-state index contributed by atoms with van der Waals surface area (Å²) in [6.07, 6.45) is -0.634. The number of piperidine rings is 1. The molecule has 0 aromatic heterocycles. The van der Waals surface area contributed by atoms with E-state index in [0.29, 0.717) is 39.0 Å². The Morgan fingerprint density at radius 2 is 1.71 bits per heavy atom. The van der Waals surface area contributed by atoms with Crippen molar-refractivity contribution >= 4 is 11.7 Å². The Morgan fingerprint density at radius 3 is 2.24 bits per heavy atom. The van der Waals surface area contributed by atoms with Gasteiger partial charge in [0.05, 0.1) is 18.8 Å². The summed E-state index contributed by atoms with van der Waals surface area (Å²) in [7, 11) is 0. The fourth-order valence-corrected chi connectivity index (χ4v) is 2.27. The molecule has 96 valence electrons. The van der Waals surface area contributed by atoms with Crippen molar-refractivity contribution in [1.82, 2.24) is 9.80 Å². The first-order valence-electron chi connectivity index (χ1n) is 5.94. The van der Waals surface area contributed by atoms with Crippen molar-refractivity contribution in [2.24, 2.45) is 0 Å². The van der Waals surface area contributed by atoms with E-state index in [-0.39, 0.29) is 18.2 Å². The summed E-state index contributed by atoms with van der Waals surface area (Å²) >= 11 is 0. The number of hydrogen-bond donors (Lipinski definition) is 2. The highest BCUT2D eigenvalue weighted by Gasteiger charge is 2.31. The molecule has 0 spiro atoms. The van der Waals surface area contributed by atoms with Crippen LogP contribution in [0.25, 0.3) is 0 Å². The Hall–Kier alpha value is -0.980. The predicted molar refractivity (Wildman–Crippen MR) is 59.3 cm³/mol. The molecule has 2 heterocycles. The van der Waals surface area contributed by atoms with E-state index >= 15 is 0 Å². The number of likely N-dealkylation sites (tertiary alicyclic amines) is 2. The maximum Gasteiger partial charge on any atom is 0.236 e. The average Bonchev–Trinajstić information content (AvgIpc) is 2.58. The molecule has 0 bridgehead atoms. The molecule has 2 N–H and O–H groups in total. The van der Waals surface area contributed by atoms with Crippen LogP contribution in [-0.4, -0.2) is 76.6 Å². The molecule has 0 saturated carbocycles. The van der Waals surface area contributed by atoms with E-state index in [1.54, 1.807) is 9.80 Å². The lowest BCUT2D eigenvalue weighted by molar-refractivity contribution is -0.135. The second-order valence-electron chi connectivity index (χ2n) is 4.75. The zero-order chi connectivity index (χ0) is 12.4. The second-order valence-corrected chi connectivity index (χ2v) is 4.75. The van der Waals surface area contributed by atoms with Gasteiger partial charge in [-0.15, -0.1) is 0 Å². The molecule has 2 aliphatic heterocycles. The van der Waals surface area contributed by atoms with Crippen molar-refractivity contribution in [2.75, 3.05) is 32.7 Å². The van der Waals surface area contributed by atoms with Crippen LogP contribution < -0.4 is 0 Å². The molecular formula is C11H18N2O4. The van der Waals surface area contributed by atoms with Crippen LogP contribution in [0.15, 0.2) is 0 Å². The highest BCUT2D eigenvalue weighted by atomic mass is 16.3. The van der Waals surface area contributed by atoms with Crippen LogP contribution in [0.5, 0.6) is 0 Å². The first kappa shape index (κ1) is 12.5. The molecule has 6 nitrogen and oxygen atoms in total. The summed E-state index contributed by atoms with van der Waals surface area (Å²) in [4.78, 5) is 26.4. The van der Waals surface area contributed by atoms with Crippen LogP contribution >= 0.6 is 0 Å². The third-order valence-electron chi connectivity index (χ3n) is 3.37. The van der Waals surface area contributed by atoms with Gasteiger partial charge in [0.2, 0.25) is 5.91 Å². The van der Waals surface area contributed by atoms with E-state index < -0.39 is 12.2 Å². The van der Waals surface area contributed by atoms with Gasteiger partial charge in [-0.1, -0.05) is 0 Å². The summed E-state index contributed by atoms with van der Waals surface area (Å²) in [5.41, 5.74) is 0.